The summed E-state index contributed by atoms with van der Waals surface area (Å²) in [6, 6.07) is 16.7. The summed E-state index contributed by atoms with van der Waals surface area (Å²) in [4.78, 5) is 3.45. The molecule has 0 fully saturated rings. The number of nitrogens with one attached hydrogen (secondary N) is 1. The molecule has 0 aliphatic heterocycles. The molecule has 1 nitrogen and oxygen atoms in total. The normalized spacial score (nSPS) is 11.0. The van der Waals surface area contributed by atoms with Crippen molar-refractivity contribution in [2.45, 2.75) is 6.42 Å². The van der Waals surface area contributed by atoms with Gasteiger partial charge >= 0.3 is 0 Å². The van der Waals surface area contributed by atoms with Gasteiger partial charge in [-0.1, -0.05) is 23.7 Å². The summed E-state index contributed by atoms with van der Waals surface area (Å²) in [6.07, 6.45) is 0.905. The minimum atomic E-state index is 0.782. The molecule has 0 aliphatic carbocycles. The van der Waals surface area contributed by atoms with Gasteiger partial charge in [-0.3, -0.25) is 0 Å². The van der Waals surface area contributed by atoms with Gasteiger partial charge < -0.3 is 4.98 Å². The Morgan fingerprint density at radius 2 is 1.78 bits per heavy atom. The van der Waals surface area contributed by atoms with E-state index >= 15 is 0 Å². The molecule has 0 saturated heterocycles. The zero-order chi connectivity index (χ0) is 12.5. The molecule has 90 valence electrons. The second-order valence-electron chi connectivity index (χ2n) is 4.33. The highest BCUT2D eigenvalue weighted by Crippen LogP contribution is 2.20. The molecule has 0 unspecified atom stereocenters. The van der Waals surface area contributed by atoms with Crippen LogP contribution < -0.4 is 0 Å². The highest BCUT2D eigenvalue weighted by atomic mass is 127. The maximum atomic E-state index is 5.89. The smallest absolute Gasteiger partial charge is 0.0456 e. The summed E-state index contributed by atoms with van der Waals surface area (Å²) in [5.74, 6) is 0. The summed E-state index contributed by atoms with van der Waals surface area (Å²) in [7, 11) is 0. The monoisotopic (exact) mass is 367 g/mol. The van der Waals surface area contributed by atoms with Crippen LogP contribution in [-0.2, 0) is 6.42 Å². The van der Waals surface area contributed by atoms with E-state index in [-0.39, 0.29) is 0 Å². The Morgan fingerprint density at radius 3 is 2.56 bits per heavy atom. The number of fused-ring (bicyclic) bond motifs is 1. The van der Waals surface area contributed by atoms with Crippen LogP contribution >= 0.6 is 34.2 Å². The van der Waals surface area contributed by atoms with Crippen molar-refractivity contribution in [3.8, 4) is 0 Å². The third kappa shape index (κ3) is 2.54. The van der Waals surface area contributed by atoms with Crippen LogP contribution in [0.5, 0.6) is 0 Å². The van der Waals surface area contributed by atoms with Crippen molar-refractivity contribution >= 4 is 45.1 Å². The number of benzene rings is 2. The number of H-pyrrole nitrogens is 1. The van der Waals surface area contributed by atoms with E-state index in [9.17, 15) is 0 Å². The van der Waals surface area contributed by atoms with Crippen LogP contribution in [0.15, 0.2) is 48.5 Å². The molecule has 0 amide bonds. The van der Waals surface area contributed by atoms with Gasteiger partial charge in [0, 0.05) is 31.6 Å². The summed E-state index contributed by atoms with van der Waals surface area (Å²) in [6.45, 7) is 0. The molecule has 2 aromatic carbocycles. The number of hydrogen-bond acceptors (Lipinski definition) is 0. The molecule has 0 aliphatic rings. The average molecular weight is 368 g/mol. The molecule has 18 heavy (non-hydrogen) atoms. The molecular formula is C15H11ClIN. The first-order chi connectivity index (χ1) is 8.70. The predicted molar refractivity (Wildman–Crippen MR) is 85.3 cm³/mol. The van der Waals surface area contributed by atoms with Crippen LogP contribution in [0.1, 0.15) is 11.3 Å². The van der Waals surface area contributed by atoms with Crippen molar-refractivity contribution in [3.63, 3.8) is 0 Å². The molecule has 0 atom stereocenters. The minimum absolute atomic E-state index is 0.782. The van der Waals surface area contributed by atoms with Gasteiger partial charge in [0.1, 0.15) is 0 Å². The molecule has 0 spiro atoms. The highest BCUT2D eigenvalue weighted by molar-refractivity contribution is 14.1. The zero-order valence-corrected chi connectivity index (χ0v) is 12.5. The van der Waals surface area contributed by atoms with E-state index < -0.39 is 0 Å². The SMILES string of the molecule is Clc1ccc(Cc2cc3cc(I)ccc3[nH]2)cc1. The Balaban J connectivity index is 1.92. The quantitative estimate of drug-likeness (QED) is 0.612. The fraction of sp³-hybridized carbons (Fsp3) is 0.0667. The number of halogens is 2. The zero-order valence-electron chi connectivity index (χ0n) is 9.58. The highest BCUT2D eigenvalue weighted by Gasteiger charge is 2.02. The predicted octanol–water partition coefficient (Wildman–Crippen LogP) is 5.02. The molecule has 1 N–H and O–H groups in total. The lowest BCUT2D eigenvalue weighted by atomic mass is 10.1. The average Bonchev–Trinajstić information content (AvgIpc) is 2.73. The van der Waals surface area contributed by atoms with Crippen LogP contribution in [0.2, 0.25) is 5.02 Å². The lowest BCUT2D eigenvalue weighted by Crippen LogP contribution is -1.87. The van der Waals surface area contributed by atoms with Gasteiger partial charge in [-0.2, -0.15) is 0 Å². The maximum Gasteiger partial charge on any atom is 0.0456 e. The summed E-state index contributed by atoms with van der Waals surface area (Å²) in [5, 5.41) is 2.05. The molecule has 3 heteroatoms. The first kappa shape index (κ1) is 12.1. The van der Waals surface area contributed by atoms with Crippen LogP contribution in [0.3, 0.4) is 0 Å². The van der Waals surface area contributed by atoms with Crippen LogP contribution in [0.25, 0.3) is 10.9 Å². The second kappa shape index (κ2) is 4.94. The lowest BCUT2D eigenvalue weighted by molar-refractivity contribution is 1.12. The third-order valence-corrected chi connectivity index (χ3v) is 3.87. The van der Waals surface area contributed by atoms with E-state index in [1.165, 1.54) is 25.7 Å². The van der Waals surface area contributed by atoms with Crippen molar-refractivity contribution < 1.29 is 0 Å². The second-order valence-corrected chi connectivity index (χ2v) is 6.01. The van der Waals surface area contributed by atoms with Crippen LogP contribution in [0.4, 0.5) is 0 Å². The molecule has 3 rings (SSSR count). The molecule has 0 bridgehead atoms. The molecule has 1 aromatic heterocycles. The van der Waals surface area contributed by atoms with E-state index in [4.69, 9.17) is 11.6 Å². The van der Waals surface area contributed by atoms with Crippen LogP contribution in [0, 0.1) is 3.57 Å². The molecule has 0 saturated carbocycles. The van der Waals surface area contributed by atoms with Crippen molar-refractivity contribution in [3.05, 3.63) is 68.4 Å². The Bertz CT molecular complexity index is 685. The van der Waals surface area contributed by atoms with Gasteiger partial charge in [-0.25, -0.2) is 0 Å². The molecule has 3 aromatic rings. The molecule has 1 heterocycles. The third-order valence-electron chi connectivity index (χ3n) is 2.95. The molecular weight excluding hydrogens is 357 g/mol. The van der Waals surface area contributed by atoms with Crippen molar-refractivity contribution in [2.24, 2.45) is 0 Å². The minimum Gasteiger partial charge on any atom is -0.358 e. The van der Waals surface area contributed by atoms with E-state index in [1.54, 1.807) is 0 Å². The Kier molecular flexibility index (Phi) is 3.31. The fourth-order valence-corrected chi connectivity index (χ4v) is 2.72. The Hall–Kier alpha value is -1.00. The van der Waals surface area contributed by atoms with Crippen molar-refractivity contribution in [1.82, 2.24) is 4.98 Å². The first-order valence-corrected chi connectivity index (χ1v) is 7.18. The van der Waals surface area contributed by atoms with Crippen LogP contribution in [-0.4, -0.2) is 4.98 Å². The van der Waals surface area contributed by atoms with Gasteiger partial charge in [0.2, 0.25) is 0 Å². The summed E-state index contributed by atoms with van der Waals surface area (Å²) < 4.78 is 1.26. The number of rotatable bonds is 2. The largest absolute Gasteiger partial charge is 0.358 e. The van der Waals surface area contributed by atoms with E-state index in [1.807, 2.05) is 12.1 Å². The standard InChI is InChI=1S/C15H11ClIN/c16-12-3-1-10(2-4-12)7-14-9-11-8-13(17)5-6-15(11)18-14/h1-6,8-9,18H,7H2. The fourth-order valence-electron chi connectivity index (χ4n) is 2.08. The van der Waals surface area contributed by atoms with E-state index in [0.29, 0.717) is 0 Å². The van der Waals surface area contributed by atoms with Gasteiger partial charge in [0.15, 0.2) is 0 Å². The van der Waals surface area contributed by atoms with Crippen molar-refractivity contribution in [1.29, 1.82) is 0 Å². The number of hydrogen-bond donors (Lipinski definition) is 1. The lowest BCUT2D eigenvalue weighted by Gasteiger charge is -1.98. The Morgan fingerprint density at radius 1 is 1.00 bits per heavy atom. The van der Waals surface area contributed by atoms with Gasteiger partial charge in [0.25, 0.3) is 0 Å². The summed E-state index contributed by atoms with van der Waals surface area (Å²) >= 11 is 8.22. The summed E-state index contributed by atoms with van der Waals surface area (Å²) in [5.41, 5.74) is 3.69. The Labute approximate surface area is 124 Å². The van der Waals surface area contributed by atoms with E-state index in [2.05, 4.69) is 64.0 Å². The number of aromatic amines is 1. The van der Waals surface area contributed by atoms with Crippen molar-refractivity contribution in [2.75, 3.05) is 0 Å². The topological polar surface area (TPSA) is 15.8 Å². The number of aromatic nitrogens is 1. The van der Waals surface area contributed by atoms with Gasteiger partial charge in [-0.15, -0.1) is 0 Å². The van der Waals surface area contributed by atoms with Gasteiger partial charge in [-0.05, 0) is 64.6 Å². The first-order valence-electron chi connectivity index (χ1n) is 5.72. The van der Waals surface area contributed by atoms with E-state index in [0.717, 1.165) is 11.4 Å². The van der Waals surface area contributed by atoms with Gasteiger partial charge in [0.05, 0.1) is 0 Å². The molecule has 0 radical (unpaired) electrons. The maximum absolute atomic E-state index is 5.89.